The molecule has 1 aliphatic heterocycles. The van der Waals surface area contributed by atoms with Crippen LogP contribution >= 0.6 is 11.8 Å². The average molecular weight is 318 g/mol. The van der Waals surface area contributed by atoms with E-state index in [4.69, 9.17) is 4.42 Å². The number of rotatable bonds is 4. The molecule has 116 valence electrons. The molecule has 1 saturated heterocycles. The monoisotopic (exact) mass is 318 g/mol. The van der Waals surface area contributed by atoms with Gasteiger partial charge in [-0.1, -0.05) is 18.7 Å². The molecule has 1 amide bonds. The summed E-state index contributed by atoms with van der Waals surface area (Å²) in [5, 5.41) is 8.37. The van der Waals surface area contributed by atoms with E-state index in [9.17, 15) is 4.79 Å². The summed E-state index contributed by atoms with van der Waals surface area (Å²) >= 11 is 1.29. The highest BCUT2D eigenvalue weighted by molar-refractivity contribution is 7.99. The molecule has 1 fully saturated rings. The molecular formula is C15H18N4O2S. The zero-order valence-corrected chi connectivity index (χ0v) is 13.3. The van der Waals surface area contributed by atoms with Gasteiger partial charge in [0.15, 0.2) is 0 Å². The zero-order valence-electron chi connectivity index (χ0n) is 12.4. The summed E-state index contributed by atoms with van der Waals surface area (Å²) in [4.78, 5) is 18.1. The largest absolute Gasteiger partial charge is 0.411 e. The van der Waals surface area contributed by atoms with Gasteiger partial charge in [-0.25, -0.2) is 0 Å². The summed E-state index contributed by atoms with van der Waals surface area (Å²) in [6, 6.07) is 3.67. The summed E-state index contributed by atoms with van der Waals surface area (Å²) < 4.78 is 5.56. The van der Waals surface area contributed by atoms with Crippen LogP contribution in [0.5, 0.6) is 0 Å². The van der Waals surface area contributed by atoms with Crippen molar-refractivity contribution in [2.24, 2.45) is 5.92 Å². The Kier molecular flexibility index (Phi) is 4.72. The van der Waals surface area contributed by atoms with Crippen molar-refractivity contribution in [3.63, 3.8) is 0 Å². The van der Waals surface area contributed by atoms with E-state index < -0.39 is 0 Å². The Hall–Kier alpha value is -1.89. The van der Waals surface area contributed by atoms with Crippen molar-refractivity contribution in [3.8, 4) is 11.5 Å². The third-order valence-corrected chi connectivity index (χ3v) is 4.45. The van der Waals surface area contributed by atoms with E-state index in [1.165, 1.54) is 18.2 Å². The number of piperidine rings is 1. The van der Waals surface area contributed by atoms with Gasteiger partial charge >= 0.3 is 0 Å². The van der Waals surface area contributed by atoms with Gasteiger partial charge in [0.1, 0.15) is 0 Å². The van der Waals surface area contributed by atoms with E-state index in [-0.39, 0.29) is 5.91 Å². The van der Waals surface area contributed by atoms with Gasteiger partial charge in [0.2, 0.25) is 11.8 Å². The molecular weight excluding hydrogens is 300 g/mol. The second-order valence-corrected chi connectivity index (χ2v) is 6.42. The van der Waals surface area contributed by atoms with Crippen LogP contribution in [0.1, 0.15) is 19.8 Å². The fourth-order valence-electron chi connectivity index (χ4n) is 2.50. The van der Waals surface area contributed by atoms with Gasteiger partial charge in [0.05, 0.1) is 11.3 Å². The van der Waals surface area contributed by atoms with Gasteiger partial charge in [-0.2, -0.15) is 0 Å². The van der Waals surface area contributed by atoms with Gasteiger partial charge in [-0.15, -0.1) is 10.2 Å². The topological polar surface area (TPSA) is 72.1 Å². The maximum Gasteiger partial charge on any atom is 0.277 e. The van der Waals surface area contributed by atoms with Crippen LogP contribution in [0.25, 0.3) is 11.5 Å². The van der Waals surface area contributed by atoms with Gasteiger partial charge in [-0.3, -0.25) is 9.78 Å². The molecule has 3 heterocycles. The van der Waals surface area contributed by atoms with E-state index in [0.717, 1.165) is 25.1 Å². The number of nitrogens with zero attached hydrogens (tertiary/aromatic N) is 4. The molecule has 0 N–H and O–H groups in total. The molecule has 2 aromatic rings. The summed E-state index contributed by atoms with van der Waals surface area (Å²) in [5.41, 5.74) is 0.776. The Morgan fingerprint density at radius 1 is 1.50 bits per heavy atom. The third kappa shape index (κ3) is 3.65. The Morgan fingerprint density at radius 2 is 2.41 bits per heavy atom. The first-order valence-electron chi connectivity index (χ1n) is 7.37. The summed E-state index contributed by atoms with van der Waals surface area (Å²) in [5.74, 6) is 1.48. The van der Waals surface area contributed by atoms with Gasteiger partial charge in [-0.05, 0) is 30.9 Å². The molecule has 6 nitrogen and oxygen atoms in total. The second kappa shape index (κ2) is 6.91. The highest BCUT2D eigenvalue weighted by Gasteiger charge is 2.21. The van der Waals surface area contributed by atoms with Crippen molar-refractivity contribution in [2.45, 2.75) is 25.0 Å². The first-order chi connectivity index (χ1) is 10.7. The number of likely N-dealkylation sites (tertiary alicyclic amines) is 1. The van der Waals surface area contributed by atoms with Crippen molar-refractivity contribution in [1.82, 2.24) is 20.1 Å². The van der Waals surface area contributed by atoms with Crippen molar-refractivity contribution < 1.29 is 9.21 Å². The predicted octanol–water partition coefficient (Wildman–Crippen LogP) is 2.48. The molecule has 1 aliphatic rings. The number of aromatic nitrogens is 3. The summed E-state index contributed by atoms with van der Waals surface area (Å²) in [6.45, 7) is 3.89. The second-order valence-electron chi connectivity index (χ2n) is 5.49. The van der Waals surface area contributed by atoms with Crippen LogP contribution in [0.2, 0.25) is 0 Å². The summed E-state index contributed by atoms with van der Waals surface area (Å²) in [6.07, 6.45) is 5.65. The standard InChI is InChI=1S/C15H18N4O2S/c1-11-4-3-7-19(9-11)13(20)10-22-15-18-17-14(21-15)12-5-2-6-16-8-12/h2,5-6,8,11H,3-4,7,9-10H2,1H3/t11-/m0/s1. The number of carbonyl (C=O) groups is 1. The molecule has 0 aliphatic carbocycles. The lowest BCUT2D eigenvalue weighted by molar-refractivity contribution is -0.130. The number of amides is 1. The Bertz CT molecular complexity index is 631. The molecule has 0 saturated carbocycles. The minimum absolute atomic E-state index is 0.137. The smallest absolute Gasteiger partial charge is 0.277 e. The molecule has 22 heavy (non-hydrogen) atoms. The van der Waals surface area contributed by atoms with E-state index in [2.05, 4.69) is 22.1 Å². The van der Waals surface area contributed by atoms with Crippen LogP contribution in [0.4, 0.5) is 0 Å². The Balaban J connectivity index is 1.56. The van der Waals surface area contributed by atoms with Crippen LogP contribution in [-0.2, 0) is 4.79 Å². The van der Waals surface area contributed by atoms with Crippen LogP contribution in [0.3, 0.4) is 0 Å². The van der Waals surface area contributed by atoms with Crippen molar-refractivity contribution in [2.75, 3.05) is 18.8 Å². The first kappa shape index (κ1) is 15.0. The Morgan fingerprint density at radius 3 is 3.18 bits per heavy atom. The number of hydrogen-bond acceptors (Lipinski definition) is 6. The fraction of sp³-hybridized carbons (Fsp3) is 0.467. The molecule has 0 unspecified atom stereocenters. The molecule has 1 atom stereocenters. The third-order valence-electron chi connectivity index (χ3n) is 3.64. The van der Waals surface area contributed by atoms with Crippen LogP contribution in [-0.4, -0.2) is 44.8 Å². The molecule has 0 bridgehead atoms. The van der Waals surface area contributed by atoms with Crippen LogP contribution < -0.4 is 0 Å². The van der Waals surface area contributed by atoms with Crippen LogP contribution in [0.15, 0.2) is 34.2 Å². The van der Waals surface area contributed by atoms with Crippen molar-refractivity contribution >= 4 is 17.7 Å². The lowest BCUT2D eigenvalue weighted by Crippen LogP contribution is -2.40. The predicted molar refractivity (Wildman–Crippen MR) is 83.2 cm³/mol. The number of carbonyl (C=O) groups excluding carboxylic acids is 1. The lowest BCUT2D eigenvalue weighted by atomic mass is 10.0. The van der Waals surface area contributed by atoms with Gasteiger partial charge < -0.3 is 9.32 Å². The molecule has 0 radical (unpaired) electrons. The van der Waals surface area contributed by atoms with E-state index in [1.807, 2.05) is 17.0 Å². The minimum Gasteiger partial charge on any atom is -0.411 e. The molecule has 7 heteroatoms. The highest BCUT2D eigenvalue weighted by atomic mass is 32.2. The zero-order chi connectivity index (χ0) is 15.4. The number of thioether (sulfide) groups is 1. The maximum atomic E-state index is 12.2. The van der Waals surface area contributed by atoms with Gasteiger partial charge in [0, 0.05) is 25.5 Å². The van der Waals surface area contributed by atoms with Crippen molar-refractivity contribution in [1.29, 1.82) is 0 Å². The van der Waals surface area contributed by atoms with E-state index in [0.29, 0.717) is 22.8 Å². The van der Waals surface area contributed by atoms with Crippen LogP contribution in [0, 0.1) is 5.92 Å². The maximum absolute atomic E-state index is 12.2. The highest BCUT2D eigenvalue weighted by Crippen LogP contribution is 2.23. The molecule has 3 rings (SSSR count). The Labute approximate surface area is 133 Å². The van der Waals surface area contributed by atoms with Crippen molar-refractivity contribution in [3.05, 3.63) is 24.5 Å². The van der Waals surface area contributed by atoms with Gasteiger partial charge in [0.25, 0.3) is 5.22 Å². The normalized spacial score (nSPS) is 18.4. The fourth-order valence-corrected chi connectivity index (χ4v) is 3.17. The molecule has 0 spiro atoms. The molecule has 2 aromatic heterocycles. The molecule has 0 aromatic carbocycles. The number of pyridine rings is 1. The SMILES string of the molecule is C[C@H]1CCCN(C(=O)CSc2nnc(-c3cccnc3)o2)C1. The first-order valence-corrected chi connectivity index (χ1v) is 8.35. The minimum atomic E-state index is 0.137. The number of hydrogen-bond donors (Lipinski definition) is 0. The average Bonchev–Trinajstić information content (AvgIpc) is 3.02. The van der Waals surface area contributed by atoms with E-state index in [1.54, 1.807) is 12.4 Å². The lowest BCUT2D eigenvalue weighted by Gasteiger charge is -2.30. The summed E-state index contributed by atoms with van der Waals surface area (Å²) in [7, 11) is 0. The van der Waals surface area contributed by atoms with E-state index >= 15 is 0 Å². The quantitative estimate of drug-likeness (QED) is 0.807.